The fourth-order valence-electron chi connectivity index (χ4n) is 3.53. The molecule has 1 aliphatic heterocycles. The van der Waals surface area contributed by atoms with Crippen LogP contribution in [0.3, 0.4) is 0 Å². The molecule has 1 heterocycles. The Kier molecular flexibility index (Phi) is 4.40. The second kappa shape index (κ2) is 5.78. The first-order chi connectivity index (χ1) is 9.76. The van der Waals surface area contributed by atoms with Crippen molar-refractivity contribution in [2.45, 2.75) is 52.4 Å². The molecule has 0 spiro atoms. The number of benzene rings is 1. The summed E-state index contributed by atoms with van der Waals surface area (Å²) in [5, 5.41) is 9.98. The lowest BCUT2D eigenvalue weighted by atomic mass is 9.83. The zero-order valence-corrected chi connectivity index (χ0v) is 13.5. The van der Waals surface area contributed by atoms with E-state index in [1.807, 2.05) is 57.7 Å². The lowest BCUT2D eigenvalue weighted by molar-refractivity contribution is -0.161. The van der Waals surface area contributed by atoms with E-state index in [0.29, 0.717) is 13.1 Å². The van der Waals surface area contributed by atoms with Crippen LogP contribution in [0.5, 0.6) is 0 Å². The molecular weight excluding hydrogens is 266 g/mol. The molecule has 0 aromatic heterocycles. The van der Waals surface area contributed by atoms with Crippen molar-refractivity contribution < 1.29 is 14.6 Å². The van der Waals surface area contributed by atoms with Gasteiger partial charge in [0.25, 0.3) is 0 Å². The molecule has 1 aliphatic rings. The second-order valence-electron chi connectivity index (χ2n) is 6.31. The van der Waals surface area contributed by atoms with Gasteiger partial charge in [0.1, 0.15) is 5.54 Å². The van der Waals surface area contributed by atoms with Gasteiger partial charge in [-0.1, -0.05) is 18.2 Å². The minimum atomic E-state index is -1.03. The molecule has 4 nitrogen and oxygen atoms in total. The summed E-state index contributed by atoms with van der Waals surface area (Å²) in [6.45, 7) is 11.0. The molecular formula is C17H25NO3. The van der Waals surface area contributed by atoms with Gasteiger partial charge >= 0.3 is 5.97 Å². The molecule has 1 aromatic carbocycles. The number of rotatable bonds is 3. The van der Waals surface area contributed by atoms with Crippen molar-refractivity contribution in [1.82, 2.24) is 4.90 Å². The summed E-state index contributed by atoms with van der Waals surface area (Å²) in [6, 6.07) is 5.94. The average molecular weight is 291 g/mol. The zero-order chi connectivity index (χ0) is 15.8. The van der Waals surface area contributed by atoms with Gasteiger partial charge in [-0.15, -0.1) is 0 Å². The Labute approximate surface area is 126 Å². The van der Waals surface area contributed by atoms with Gasteiger partial charge in [-0.25, -0.2) is 4.79 Å². The molecule has 21 heavy (non-hydrogen) atoms. The summed E-state index contributed by atoms with van der Waals surface area (Å²) < 4.78 is 5.75. The van der Waals surface area contributed by atoms with E-state index in [-0.39, 0.29) is 12.2 Å². The van der Waals surface area contributed by atoms with Crippen LogP contribution in [0.2, 0.25) is 0 Å². The number of carboxylic acid groups (broad SMARTS) is 1. The average Bonchev–Trinajstić information content (AvgIpc) is 2.36. The van der Waals surface area contributed by atoms with Gasteiger partial charge in [0.05, 0.1) is 12.2 Å². The molecule has 3 unspecified atom stereocenters. The first-order valence-electron chi connectivity index (χ1n) is 7.47. The molecule has 0 bridgehead atoms. The van der Waals surface area contributed by atoms with Crippen molar-refractivity contribution in [1.29, 1.82) is 0 Å². The quantitative estimate of drug-likeness (QED) is 0.930. The van der Waals surface area contributed by atoms with Crippen LogP contribution in [0.4, 0.5) is 0 Å². The minimum absolute atomic E-state index is 0.0387. The van der Waals surface area contributed by atoms with Gasteiger partial charge in [0.2, 0.25) is 0 Å². The van der Waals surface area contributed by atoms with Crippen molar-refractivity contribution in [3.63, 3.8) is 0 Å². The number of ether oxygens (including phenoxy) is 1. The van der Waals surface area contributed by atoms with Crippen molar-refractivity contribution >= 4 is 5.97 Å². The third-order valence-corrected chi connectivity index (χ3v) is 4.44. The number of aliphatic carboxylic acids is 1. The number of nitrogens with zero attached hydrogens (tertiary/aromatic N) is 1. The Hall–Kier alpha value is -1.39. The number of aryl methyl sites for hydroxylation is 2. The maximum absolute atomic E-state index is 12.2. The van der Waals surface area contributed by atoms with Crippen molar-refractivity contribution in [2.24, 2.45) is 0 Å². The summed E-state index contributed by atoms with van der Waals surface area (Å²) in [4.78, 5) is 14.2. The summed E-state index contributed by atoms with van der Waals surface area (Å²) in [7, 11) is 0. The molecule has 0 radical (unpaired) electrons. The summed E-state index contributed by atoms with van der Waals surface area (Å²) >= 11 is 0. The van der Waals surface area contributed by atoms with Crippen LogP contribution in [0.1, 0.15) is 37.5 Å². The third-order valence-electron chi connectivity index (χ3n) is 4.44. The van der Waals surface area contributed by atoms with Crippen LogP contribution >= 0.6 is 0 Å². The maximum atomic E-state index is 12.2. The lowest BCUT2D eigenvalue weighted by Crippen LogP contribution is -2.58. The predicted molar refractivity (Wildman–Crippen MR) is 82.5 cm³/mol. The minimum Gasteiger partial charge on any atom is -0.480 e. The Bertz CT molecular complexity index is 513. The number of carboxylic acids is 1. The van der Waals surface area contributed by atoms with Crippen molar-refractivity contribution in [3.8, 4) is 0 Å². The highest BCUT2D eigenvalue weighted by Gasteiger charge is 2.45. The summed E-state index contributed by atoms with van der Waals surface area (Å²) in [5.41, 5.74) is 1.92. The van der Waals surface area contributed by atoms with Crippen LogP contribution in [-0.4, -0.2) is 41.3 Å². The lowest BCUT2D eigenvalue weighted by Gasteiger charge is -2.45. The summed E-state index contributed by atoms with van der Waals surface area (Å²) in [5.74, 6) is -0.804. The molecule has 1 fully saturated rings. The molecule has 116 valence electrons. The second-order valence-corrected chi connectivity index (χ2v) is 6.31. The highest BCUT2D eigenvalue weighted by Crippen LogP contribution is 2.35. The molecule has 1 saturated heterocycles. The van der Waals surface area contributed by atoms with E-state index < -0.39 is 11.5 Å². The highest BCUT2D eigenvalue weighted by molar-refractivity contribution is 5.81. The first-order valence-corrected chi connectivity index (χ1v) is 7.47. The van der Waals surface area contributed by atoms with Gasteiger partial charge in [0, 0.05) is 13.1 Å². The fourth-order valence-corrected chi connectivity index (χ4v) is 3.53. The topological polar surface area (TPSA) is 49.8 Å². The molecule has 4 heteroatoms. The van der Waals surface area contributed by atoms with Crippen molar-refractivity contribution in [2.75, 3.05) is 13.1 Å². The highest BCUT2D eigenvalue weighted by atomic mass is 16.5. The van der Waals surface area contributed by atoms with Gasteiger partial charge < -0.3 is 9.84 Å². The van der Waals surface area contributed by atoms with Gasteiger partial charge in [0.15, 0.2) is 0 Å². The molecule has 0 saturated carbocycles. The van der Waals surface area contributed by atoms with E-state index in [1.54, 1.807) is 0 Å². The van der Waals surface area contributed by atoms with Gasteiger partial charge in [-0.2, -0.15) is 0 Å². The van der Waals surface area contributed by atoms with Crippen molar-refractivity contribution in [3.05, 3.63) is 34.9 Å². The van der Waals surface area contributed by atoms with Crippen LogP contribution in [0, 0.1) is 13.8 Å². The molecule has 0 amide bonds. The Morgan fingerprint density at radius 1 is 1.24 bits per heavy atom. The van der Waals surface area contributed by atoms with E-state index in [1.165, 1.54) is 0 Å². The number of morpholine rings is 1. The van der Waals surface area contributed by atoms with E-state index in [9.17, 15) is 9.90 Å². The maximum Gasteiger partial charge on any atom is 0.328 e. The van der Waals surface area contributed by atoms with Crippen LogP contribution in [0.25, 0.3) is 0 Å². The van der Waals surface area contributed by atoms with E-state index in [4.69, 9.17) is 4.74 Å². The van der Waals surface area contributed by atoms with E-state index >= 15 is 0 Å². The first kappa shape index (κ1) is 16.0. The van der Waals surface area contributed by atoms with Crippen LogP contribution in [-0.2, 0) is 15.1 Å². The number of hydrogen-bond acceptors (Lipinski definition) is 3. The van der Waals surface area contributed by atoms with E-state index in [2.05, 4.69) is 0 Å². The van der Waals surface area contributed by atoms with E-state index in [0.717, 1.165) is 16.7 Å². The van der Waals surface area contributed by atoms with Crippen LogP contribution < -0.4 is 0 Å². The molecule has 0 aliphatic carbocycles. The summed E-state index contributed by atoms with van der Waals surface area (Å²) in [6.07, 6.45) is 0.0773. The number of carbonyl (C=O) groups is 1. The third kappa shape index (κ3) is 2.83. The molecule has 2 rings (SSSR count). The normalized spacial score (nSPS) is 26.3. The standard InChI is InChI=1S/C17H25NO3/c1-11-7-6-8-12(2)15(11)17(5,16(19)20)18-9-13(3)21-14(4)10-18/h6-8,13-14H,9-10H2,1-5H3,(H,19,20). The van der Waals surface area contributed by atoms with Gasteiger partial charge in [-0.05, 0) is 51.3 Å². The predicted octanol–water partition coefficient (Wildman–Crippen LogP) is 2.71. The smallest absolute Gasteiger partial charge is 0.328 e. The SMILES string of the molecule is Cc1cccc(C)c1C(C)(C(=O)O)N1CC(C)OC(C)C1. The Balaban J connectivity index is 2.53. The molecule has 1 N–H and O–H groups in total. The van der Waals surface area contributed by atoms with Crippen LogP contribution in [0.15, 0.2) is 18.2 Å². The molecule has 3 atom stereocenters. The Morgan fingerprint density at radius 3 is 2.14 bits per heavy atom. The zero-order valence-electron chi connectivity index (χ0n) is 13.5. The Morgan fingerprint density at radius 2 is 1.71 bits per heavy atom. The largest absolute Gasteiger partial charge is 0.480 e. The number of hydrogen-bond donors (Lipinski definition) is 1. The van der Waals surface area contributed by atoms with Gasteiger partial charge in [-0.3, -0.25) is 4.90 Å². The fraction of sp³-hybridized carbons (Fsp3) is 0.588. The monoisotopic (exact) mass is 291 g/mol. The molecule has 1 aromatic rings.